The van der Waals surface area contributed by atoms with Crippen molar-refractivity contribution >= 4 is 5.97 Å². The number of benzene rings is 1. The molecule has 0 unspecified atom stereocenters. The topological polar surface area (TPSA) is 68.0 Å². The van der Waals surface area contributed by atoms with Crippen molar-refractivity contribution in [1.29, 1.82) is 0 Å². The van der Waals surface area contributed by atoms with Gasteiger partial charge in [0.1, 0.15) is 5.56 Å². The van der Waals surface area contributed by atoms with Gasteiger partial charge in [-0.25, -0.2) is 14.5 Å². The average molecular weight is 265 g/mol. The number of hydrogen-bond acceptors (Lipinski definition) is 3. The third-order valence-electron chi connectivity index (χ3n) is 2.91. The van der Waals surface area contributed by atoms with Crippen LogP contribution in [0.1, 0.15) is 10.4 Å². The lowest BCUT2D eigenvalue weighted by Crippen LogP contribution is -2.04. The van der Waals surface area contributed by atoms with Crippen LogP contribution in [0.2, 0.25) is 0 Å². The van der Waals surface area contributed by atoms with Crippen LogP contribution in [0.3, 0.4) is 0 Å². The molecule has 0 aliphatic heterocycles. The Bertz CT molecular complexity index is 736. The zero-order valence-electron chi connectivity index (χ0n) is 10.5. The van der Waals surface area contributed by atoms with Crippen molar-refractivity contribution in [2.75, 3.05) is 0 Å². The van der Waals surface area contributed by atoms with E-state index in [1.54, 1.807) is 23.0 Å². The SMILES string of the molecule is O=C(O)c1cnn(-c2ccccn2)c1-c1ccccc1. The molecule has 2 aromatic heterocycles. The van der Waals surface area contributed by atoms with E-state index in [2.05, 4.69) is 10.1 Å². The normalized spacial score (nSPS) is 10.4. The molecule has 0 radical (unpaired) electrons. The Hall–Kier alpha value is -2.95. The first kappa shape index (κ1) is 12.1. The highest BCUT2D eigenvalue weighted by Crippen LogP contribution is 2.25. The molecule has 1 N–H and O–H groups in total. The Morgan fingerprint density at radius 2 is 1.80 bits per heavy atom. The standard InChI is InChI=1S/C15H11N3O2/c19-15(20)12-10-17-18(13-8-4-5-9-16-13)14(12)11-6-2-1-3-7-11/h1-10H,(H,19,20). The third kappa shape index (κ3) is 2.05. The highest BCUT2D eigenvalue weighted by Gasteiger charge is 2.19. The van der Waals surface area contributed by atoms with Crippen molar-refractivity contribution in [3.05, 3.63) is 66.5 Å². The molecule has 0 bridgehead atoms. The second-order valence-electron chi connectivity index (χ2n) is 4.18. The van der Waals surface area contributed by atoms with Crippen molar-refractivity contribution in [2.24, 2.45) is 0 Å². The van der Waals surface area contributed by atoms with E-state index in [1.165, 1.54) is 6.20 Å². The smallest absolute Gasteiger partial charge is 0.339 e. The summed E-state index contributed by atoms with van der Waals surface area (Å²) < 4.78 is 1.54. The lowest BCUT2D eigenvalue weighted by molar-refractivity contribution is 0.0697. The van der Waals surface area contributed by atoms with Crippen molar-refractivity contribution in [3.8, 4) is 17.1 Å². The summed E-state index contributed by atoms with van der Waals surface area (Å²) in [5.41, 5.74) is 1.46. The average Bonchev–Trinajstić information content (AvgIpc) is 2.94. The summed E-state index contributed by atoms with van der Waals surface area (Å²) >= 11 is 0. The number of carbonyl (C=O) groups is 1. The van der Waals surface area contributed by atoms with Crippen molar-refractivity contribution in [3.63, 3.8) is 0 Å². The van der Waals surface area contributed by atoms with Crippen LogP contribution < -0.4 is 0 Å². The number of aromatic nitrogens is 3. The molecule has 0 amide bonds. The Morgan fingerprint density at radius 1 is 1.05 bits per heavy atom. The van der Waals surface area contributed by atoms with Crippen LogP contribution in [0, 0.1) is 0 Å². The van der Waals surface area contributed by atoms with Gasteiger partial charge in [-0.05, 0) is 12.1 Å². The van der Waals surface area contributed by atoms with E-state index in [0.29, 0.717) is 11.5 Å². The first-order valence-corrected chi connectivity index (χ1v) is 6.05. The molecule has 0 aliphatic carbocycles. The van der Waals surface area contributed by atoms with Crippen LogP contribution in [-0.4, -0.2) is 25.8 Å². The second kappa shape index (κ2) is 4.97. The van der Waals surface area contributed by atoms with Gasteiger partial charge in [0.25, 0.3) is 0 Å². The summed E-state index contributed by atoms with van der Waals surface area (Å²) in [5, 5.41) is 13.5. The maximum absolute atomic E-state index is 11.4. The van der Waals surface area contributed by atoms with E-state index < -0.39 is 5.97 Å². The number of aromatic carboxylic acids is 1. The van der Waals surface area contributed by atoms with Gasteiger partial charge in [-0.15, -0.1) is 0 Å². The van der Waals surface area contributed by atoms with Crippen molar-refractivity contribution in [1.82, 2.24) is 14.8 Å². The number of nitrogens with zero attached hydrogens (tertiary/aromatic N) is 3. The summed E-state index contributed by atoms with van der Waals surface area (Å²) in [7, 11) is 0. The van der Waals surface area contributed by atoms with Crippen LogP contribution in [0.25, 0.3) is 17.1 Å². The quantitative estimate of drug-likeness (QED) is 0.790. The van der Waals surface area contributed by atoms with Gasteiger partial charge in [0.2, 0.25) is 0 Å². The van der Waals surface area contributed by atoms with Gasteiger partial charge in [0, 0.05) is 11.8 Å². The highest BCUT2D eigenvalue weighted by molar-refractivity contribution is 5.95. The predicted octanol–water partition coefficient (Wildman–Crippen LogP) is 2.63. The zero-order chi connectivity index (χ0) is 13.9. The second-order valence-corrected chi connectivity index (χ2v) is 4.18. The minimum atomic E-state index is -1.01. The number of hydrogen-bond donors (Lipinski definition) is 1. The maximum Gasteiger partial charge on any atom is 0.339 e. The number of carboxylic acids is 1. The fraction of sp³-hybridized carbons (Fsp3) is 0. The lowest BCUT2D eigenvalue weighted by atomic mass is 10.1. The Labute approximate surface area is 115 Å². The Kier molecular flexibility index (Phi) is 3.01. The van der Waals surface area contributed by atoms with Gasteiger partial charge in [-0.2, -0.15) is 5.10 Å². The number of rotatable bonds is 3. The zero-order valence-corrected chi connectivity index (χ0v) is 10.5. The molecule has 0 aliphatic rings. The highest BCUT2D eigenvalue weighted by atomic mass is 16.4. The molecule has 1 aromatic carbocycles. The lowest BCUT2D eigenvalue weighted by Gasteiger charge is -2.07. The molecular formula is C15H11N3O2. The van der Waals surface area contributed by atoms with E-state index >= 15 is 0 Å². The fourth-order valence-electron chi connectivity index (χ4n) is 2.03. The Morgan fingerprint density at radius 3 is 2.45 bits per heavy atom. The fourth-order valence-corrected chi connectivity index (χ4v) is 2.03. The molecule has 0 spiro atoms. The van der Waals surface area contributed by atoms with Crippen LogP contribution in [0.4, 0.5) is 0 Å². The summed E-state index contributed by atoms with van der Waals surface area (Å²) in [4.78, 5) is 15.6. The van der Waals surface area contributed by atoms with Crippen LogP contribution in [-0.2, 0) is 0 Å². The predicted molar refractivity (Wildman–Crippen MR) is 73.8 cm³/mol. The molecule has 5 nitrogen and oxygen atoms in total. The van der Waals surface area contributed by atoms with Gasteiger partial charge < -0.3 is 5.11 Å². The molecule has 2 heterocycles. The summed E-state index contributed by atoms with van der Waals surface area (Å²) in [6.07, 6.45) is 2.99. The van der Waals surface area contributed by atoms with Gasteiger partial charge in [-0.1, -0.05) is 36.4 Å². The minimum absolute atomic E-state index is 0.154. The maximum atomic E-state index is 11.4. The molecule has 98 valence electrons. The monoisotopic (exact) mass is 265 g/mol. The molecule has 20 heavy (non-hydrogen) atoms. The first-order chi connectivity index (χ1) is 9.77. The van der Waals surface area contributed by atoms with Crippen molar-refractivity contribution < 1.29 is 9.90 Å². The molecule has 0 saturated heterocycles. The molecule has 0 saturated carbocycles. The van der Waals surface area contributed by atoms with Crippen LogP contribution in [0.5, 0.6) is 0 Å². The summed E-state index contributed by atoms with van der Waals surface area (Å²) in [5.74, 6) is -0.426. The summed E-state index contributed by atoms with van der Waals surface area (Å²) in [6.45, 7) is 0. The number of carboxylic acid groups (broad SMARTS) is 1. The van der Waals surface area contributed by atoms with E-state index in [4.69, 9.17) is 0 Å². The molecule has 0 atom stereocenters. The van der Waals surface area contributed by atoms with Crippen LogP contribution >= 0.6 is 0 Å². The van der Waals surface area contributed by atoms with Crippen LogP contribution in [0.15, 0.2) is 60.9 Å². The first-order valence-electron chi connectivity index (χ1n) is 6.05. The van der Waals surface area contributed by atoms with Gasteiger partial charge >= 0.3 is 5.97 Å². The van der Waals surface area contributed by atoms with Gasteiger partial charge in [0.15, 0.2) is 5.82 Å². The third-order valence-corrected chi connectivity index (χ3v) is 2.91. The molecule has 0 fully saturated rings. The van der Waals surface area contributed by atoms with Crippen molar-refractivity contribution in [2.45, 2.75) is 0 Å². The number of pyridine rings is 1. The minimum Gasteiger partial charge on any atom is -0.478 e. The van der Waals surface area contributed by atoms with E-state index in [1.807, 2.05) is 36.4 Å². The van der Waals surface area contributed by atoms with Gasteiger partial charge in [-0.3, -0.25) is 0 Å². The summed E-state index contributed by atoms with van der Waals surface area (Å²) in [6, 6.07) is 14.7. The molecule has 3 aromatic rings. The van der Waals surface area contributed by atoms with E-state index in [-0.39, 0.29) is 5.56 Å². The Balaban J connectivity index is 2.25. The van der Waals surface area contributed by atoms with E-state index in [9.17, 15) is 9.90 Å². The molecular weight excluding hydrogens is 254 g/mol. The molecule has 3 rings (SSSR count). The largest absolute Gasteiger partial charge is 0.478 e. The van der Waals surface area contributed by atoms with Gasteiger partial charge in [0.05, 0.1) is 11.9 Å². The van der Waals surface area contributed by atoms with E-state index in [0.717, 1.165) is 5.56 Å². The molecule has 5 heteroatoms.